The van der Waals surface area contributed by atoms with E-state index in [9.17, 15) is 22.4 Å². The largest absolute Gasteiger partial charge is 0.461 e. The van der Waals surface area contributed by atoms with Crippen LogP contribution in [0.4, 0.5) is 17.6 Å². The number of benzene rings is 1. The second-order valence-electron chi connectivity index (χ2n) is 3.02. The van der Waals surface area contributed by atoms with E-state index in [1.807, 2.05) is 0 Å². The Kier molecular flexibility index (Phi) is 3.87. The molecule has 2 nitrogen and oxygen atoms in total. The highest BCUT2D eigenvalue weighted by Gasteiger charge is 2.19. The van der Waals surface area contributed by atoms with Gasteiger partial charge in [0.2, 0.25) is 0 Å². The fourth-order valence-electron chi connectivity index (χ4n) is 1.06. The monoisotopic (exact) mass is 236 g/mol. The van der Waals surface area contributed by atoms with Crippen LogP contribution in [0, 0.1) is 11.6 Å². The molecule has 0 aliphatic heterocycles. The Bertz CT molecular complexity index is 404. The predicted octanol–water partition coefficient (Wildman–Crippen LogP) is 2.97. The van der Waals surface area contributed by atoms with Gasteiger partial charge in [0.05, 0.1) is 5.56 Å². The minimum atomic E-state index is -3.09. The van der Waals surface area contributed by atoms with Crippen LogP contribution in [0.5, 0.6) is 0 Å². The summed E-state index contributed by atoms with van der Waals surface area (Å²) >= 11 is 0. The van der Waals surface area contributed by atoms with Crippen molar-refractivity contribution in [1.29, 1.82) is 0 Å². The number of esters is 1. The minimum absolute atomic E-state index is 0.280. The lowest BCUT2D eigenvalue weighted by Crippen LogP contribution is -2.04. The highest BCUT2D eigenvalue weighted by atomic mass is 19.3. The van der Waals surface area contributed by atoms with Crippen LogP contribution in [-0.4, -0.2) is 5.97 Å². The summed E-state index contributed by atoms with van der Waals surface area (Å²) in [6.07, 6.45) is -3.09. The standard InChI is InChI=1S/C10H8F4O2/c1-5(15)16-4-6-2-3-7(10(13)14)9(12)8(6)11/h2-3,10H,4H2,1H3. The van der Waals surface area contributed by atoms with Crippen molar-refractivity contribution < 1.29 is 27.1 Å². The molecule has 88 valence electrons. The molecule has 1 aromatic rings. The summed E-state index contributed by atoms with van der Waals surface area (Å²) in [5.74, 6) is -3.70. The summed E-state index contributed by atoms with van der Waals surface area (Å²) in [7, 11) is 0. The first kappa shape index (κ1) is 12.5. The zero-order chi connectivity index (χ0) is 12.3. The van der Waals surface area contributed by atoms with Gasteiger partial charge in [-0.1, -0.05) is 6.07 Å². The maximum Gasteiger partial charge on any atom is 0.302 e. The van der Waals surface area contributed by atoms with E-state index in [4.69, 9.17) is 0 Å². The van der Waals surface area contributed by atoms with Gasteiger partial charge in [-0.25, -0.2) is 17.6 Å². The van der Waals surface area contributed by atoms with E-state index < -0.39 is 36.2 Å². The van der Waals surface area contributed by atoms with Crippen LogP contribution in [0.25, 0.3) is 0 Å². The minimum Gasteiger partial charge on any atom is -0.461 e. The topological polar surface area (TPSA) is 26.3 Å². The van der Waals surface area contributed by atoms with Gasteiger partial charge in [0.15, 0.2) is 11.6 Å². The lowest BCUT2D eigenvalue weighted by Gasteiger charge is -2.07. The Morgan fingerprint density at radius 2 is 1.94 bits per heavy atom. The molecule has 0 saturated carbocycles. The molecule has 0 aliphatic carbocycles. The number of hydrogen-bond acceptors (Lipinski definition) is 2. The Labute approximate surface area is 88.8 Å². The molecule has 1 rings (SSSR count). The molecule has 0 atom stereocenters. The van der Waals surface area contributed by atoms with Crippen LogP contribution < -0.4 is 0 Å². The van der Waals surface area contributed by atoms with E-state index >= 15 is 0 Å². The Hall–Kier alpha value is -1.59. The third-order valence-corrected chi connectivity index (χ3v) is 1.86. The molecule has 0 aliphatic rings. The maximum atomic E-state index is 13.2. The lowest BCUT2D eigenvalue weighted by molar-refractivity contribution is -0.142. The van der Waals surface area contributed by atoms with Crippen LogP contribution in [0.15, 0.2) is 12.1 Å². The molecule has 6 heteroatoms. The SMILES string of the molecule is CC(=O)OCc1ccc(C(F)F)c(F)c1F. The fraction of sp³-hybridized carbons (Fsp3) is 0.300. The molecule has 0 aromatic heterocycles. The van der Waals surface area contributed by atoms with Crippen molar-refractivity contribution >= 4 is 5.97 Å². The summed E-state index contributed by atoms with van der Waals surface area (Å²) in [6.45, 7) is 0.614. The van der Waals surface area contributed by atoms with Gasteiger partial charge in [-0.2, -0.15) is 0 Å². The molecule has 0 amide bonds. The van der Waals surface area contributed by atoms with E-state index in [0.29, 0.717) is 0 Å². The van der Waals surface area contributed by atoms with Gasteiger partial charge in [0, 0.05) is 12.5 Å². The van der Waals surface area contributed by atoms with Crippen molar-refractivity contribution in [2.45, 2.75) is 20.0 Å². The molecule has 0 bridgehead atoms. The van der Waals surface area contributed by atoms with E-state index in [-0.39, 0.29) is 5.56 Å². The number of hydrogen-bond donors (Lipinski definition) is 0. The number of halogens is 4. The molecule has 0 heterocycles. The first-order valence-corrected chi connectivity index (χ1v) is 4.31. The number of alkyl halides is 2. The smallest absolute Gasteiger partial charge is 0.302 e. The second-order valence-corrected chi connectivity index (χ2v) is 3.02. The van der Waals surface area contributed by atoms with Crippen molar-refractivity contribution in [3.63, 3.8) is 0 Å². The number of carbonyl (C=O) groups is 1. The molecule has 0 saturated heterocycles. The van der Waals surface area contributed by atoms with Crippen molar-refractivity contribution in [3.05, 3.63) is 34.9 Å². The number of rotatable bonds is 3. The highest BCUT2D eigenvalue weighted by Crippen LogP contribution is 2.25. The quantitative estimate of drug-likeness (QED) is 0.595. The second kappa shape index (κ2) is 4.96. The van der Waals surface area contributed by atoms with Gasteiger partial charge in [0.25, 0.3) is 6.43 Å². The van der Waals surface area contributed by atoms with Crippen LogP contribution in [0.2, 0.25) is 0 Å². The average molecular weight is 236 g/mol. The molecular weight excluding hydrogens is 228 g/mol. The summed E-state index contributed by atoms with van der Waals surface area (Å²) in [6, 6.07) is 1.73. The summed E-state index contributed by atoms with van der Waals surface area (Å²) in [5, 5.41) is 0. The van der Waals surface area contributed by atoms with Crippen molar-refractivity contribution in [2.75, 3.05) is 0 Å². The molecule has 0 spiro atoms. The van der Waals surface area contributed by atoms with Gasteiger partial charge in [-0.05, 0) is 6.07 Å². The fourth-order valence-corrected chi connectivity index (χ4v) is 1.06. The summed E-state index contributed by atoms with van der Waals surface area (Å²) < 4.78 is 55.0. The molecule has 0 fully saturated rings. The van der Waals surface area contributed by atoms with Crippen molar-refractivity contribution in [3.8, 4) is 0 Å². The zero-order valence-corrected chi connectivity index (χ0v) is 8.27. The zero-order valence-electron chi connectivity index (χ0n) is 8.27. The first-order chi connectivity index (χ1) is 7.43. The van der Waals surface area contributed by atoms with E-state index in [1.165, 1.54) is 0 Å². The van der Waals surface area contributed by atoms with E-state index in [2.05, 4.69) is 4.74 Å². The van der Waals surface area contributed by atoms with Crippen molar-refractivity contribution in [2.24, 2.45) is 0 Å². The molecule has 16 heavy (non-hydrogen) atoms. The lowest BCUT2D eigenvalue weighted by atomic mass is 10.1. The van der Waals surface area contributed by atoms with Crippen LogP contribution >= 0.6 is 0 Å². The van der Waals surface area contributed by atoms with E-state index in [0.717, 1.165) is 19.1 Å². The van der Waals surface area contributed by atoms with Crippen LogP contribution in [-0.2, 0) is 16.1 Å². The Morgan fingerprint density at radius 1 is 1.31 bits per heavy atom. The van der Waals surface area contributed by atoms with E-state index in [1.54, 1.807) is 0 Å². The van der Waals surface area contributed by atoms with Crippen LogP contribution in [0.3, 0.4) is 0 Å². The third kappa shape index (κ3) is 2.71. The van der Waals surface area contributed by atoms with Gasteiger partial charge in [0.1, 0.15) is 6.61 Å². The predicted molar refractivity (Wildman–Crippen MR) is 46.8 cm³/mol. The van der Waals surface area contributed by atoms with Gasteiger partial charge in [-0.3, -0.25) is 4.79 Å². The molecule has 0 radical (unpaired) electrons. The van der Waals surface area contributed by atoms with Crippen LogP contribution in [0.1, 0.15) is 24.5 Å². The normalized spacial score (nSPS) is 10.6. The van der Waals surface area contributed by atoms with Gasteiger partial charge >= 0.3 is 5.97 Å². The third-order valence-electron chi connectivity index (χ3n) is 1.86. The number of carbonyl (C=O) groups excluding carboxylic acids is 1. The van der Waals surface area contributed by atoms with Gasteiger partial charge < -0.3 is 4.74 Å². The molecule has 0 unspecified atom stereocenters. The average Bonchev–Trinajstić information content (AvgIpc) is 2.19. The Morgan fingerprint density at radius 3 is 2.44 bits per heavy atom. The maximum absolute atomic E-state index is 13.2. The summed E-state index contributed by atoms with van der Waals surface area (Å²) in [4.78, 5) is 10.4. The Balaban J connectivity index is 2.97. The summed E-state index contributed by atoms with van der Waals surface area (Å²) in [5.41, 5.74) is -1.29. The first-order valence-electron chi connectivity index (χ1n) is 4.31. The molecule has 1 aromatic carbocycles. The van der Waals surface area contributed by atoms with Crippen molar-refractivity contribution in [1.82, 2.24) is 0 Å². The molecule has 0 N–H and O–H groups in total. The molecular formula is C10H8F4O2. The highest BCUT2D eigenvalue weighted by molar-refractivity contribution is 5.65. The van der Waals surface area contributed by atoms with Gasteiger partial charge in [-0.15, -0.1) is 0 Å². The number of ether oxygens (including phenoxy) is 1.